The molecule has 0 aromatic heterocycles. The monoisotopic (exact) mass is 409 g/mol. The topological polar surface area (TPSA) is 59.6 Å². The molecule has 0 saturated carbocycles. The van der Waals surface area contributed by atoms with Crippen molar-refractivity contribution in [2.24, 2.45) is 16.6 Å². The van der Waals surface area contributed by atoms with Crippen LogP contribution in [0.2, 0.25) is 0 Å². The van der Waals surface area contributed by atoms with Crippen LogP contribution in [0.25, 0.3) is 0 Å². The van der Waals surface area contributed by atoms with Crippen molar-refractivity contribution in [3.05, 3.63) is 11.6 Å². The van der Waals surface area contributed by atoms with Crippen LogP contribution in [0.5, 0.6) is 0 Å². The molecule has 1 atom stereocenters. The maximum Gasteiger partial charge on any atom is 0.188 e. The molecule has 21 heavy (non-hydrogen) atoms. The summed E-state index contributed by atoms with van der Waals surface area (Å²) in [6.45, 7) is 9.06. The number of ether oxygens (including phenoxy) is 1. The van der Waals surface area contributed by atoms with Crippen LogP contribution < -0.4 is 11.1 Å². The number of rotatable bonds is 8. The lowest BCUT2D eigenvalue weighted by Crippen LogP contribution is -2.38. The number of hydrogen-bond donors (Lipinski definition) is 2. The molecule has 0 spiro atoms. The van der Waals surface area contributed by atoms with Gasteiger partial charge in [0.2, 0.25) is 0 Å². The predicted octanol–water partition coefficient (Wildman–Crippen LogP) is 3.46. The van der Waals surface area contributed by atoms with E-state index in [9.17, 15) is 0 Å². The second-order valence-corrected chi connectivity index (χ2v) is 6.07. The van der Waals surface area contributed by atoms with Crippen molar-refractivity contribution in [3.63, 3.8) is 0 Å². The molecule has 0 aliphatic carbocycles. The van der Waals surface area contributed by atoms with Gasteiger partial charge >= 0.3 is 0 Å². The van der Waals surface area contributed by atoms with Crippen molar-refractivity contribution in [2.45, 2.75) is 58.9 Å². The fraction of sp³-hybridized carbons (Fsp3) is 0.812. The number of hydrogen-bond acceptors (Lipinski definition) is 2. The van der Waals surface area contributed by atoms with Crippen LogP contribution in [0.3, 0.4) is 0 Å². The van der Waals surface area contributed by atoms with Crippen molar-refractivity contribution in [3.8, 4) is 0 Å². The van der Waals surface area contributed by atoms with Crippen LogP contribution in [0.4, 0.5) is 0 Å². The van der Waals surface area contributed by atoms with Crippen molar-refractivity contribution in [1.82, 2.24) is 5.32 Å². The van der Waals surface area contributed by atoms with E-state index in [0.29, 0.717) is 12.0 Å². The molecule has 1 unspecified atom stereocenters. The Morgan fingerprint density at radius 2 is 2.14 bits per heavy atom. The summed E-state index contributed by atoms with van der Waals surface area (Å²) < 4.78 is 5.28. The lowest BCUT2D eigenvalue weighted by atomic mass is 10.0. The zero-order valence-electron chi connectivity index (χ0n) is 13.7. The van der Waals surface area contributed by atoms with Crippen LogP contribution in [0, 0.1) is 5.92 Å². The van der Waals surface area contributed by atoms with Gasteiger partial charge in [-0.3, -0.25) is 4.99 Å². The third kappa shape index (κ3) is 11.0. The zero-order chi connectivity index (χ0) is 14.8. The Morgan fingerprint density at radius 3 is 2.76 bits per heavy atom. The van der Waals surface area contributed by atoms with E-state index in [1.165, 1.54) is 18.4 Å². The van der Waals surface area contributed by atoms with Crippen molar-refractivity contribution >= 4 is 29.9 Å². The second-order valence-electron chi connectivity index (χ2n) is 6.07. The molecule has 1 aliphatic rings. The lowest BCUT2D eigenvalue weighted by molar-refractivity contribution is 0.153. The summed E-state index contributed by atoms with van der Waals surface area (Å²) in [5.41, 5.74) is 7.36. The molecule has 5 heteroatoms. The van der Waals surface area contributed by atoms with Gasteiger partial charge in [0.1, 0.15) is 0 Å². The van der Waals surface area contributed by atoms with Crippen LogP contribution in [-0.4, -0.2) is 31.8 Å². The number of nitrogens with one attached hydrogen (secondary N) is 1. The highest BCUT2D eigenvalue weighted by molar-refractivity contribution is 14.0. The van der Waals surface area contributed by atoms with Crippen LogP contribution in [0.1, 0.15) is 52.9 Å². The SMILES string of the molecule is CC(C)CCCC(C)NC(N)=NCCC1=CCOCC1.I. The standard InChI is InChI=1S/C16H31N3O.HI/c1-13(2)5-4-6-14(3)19-16(17)18-10-7-15-8-11-20-12-9-15;/h8,13-14H,4-7,9-12H2,1-3H3,(H3,17,18,19);1H. The molecule has 3 N–H and O–H groups in total. The molecule has 4 nitrogen and oxygen atoms in total. The van der Waals surface area contributed by atoms with E-state index < -0.39 is 0 Å². The Bertz CT molecular complexity index is 329. The van der Waals surface area contributed by atoms with Crippen molar-refractivity contribution in [1.29, 1.82) is 0 Å². The molecular weight excluding hydrogens is 377 g/mol. The molecule has 0 saturated heterocycles. The minimum Gasteiger partial charge on any atom is -0.377 e. The van der Waals surface area contributed by atoms with Crippen LogP contribution in [0.15, 0.2) is 16.6 Å². The van der Waals surface area contributed by atoms with E-state index in [1.54, 1.807) is 0 Å². The largest absolute Gasteiger partial charge is 0.377 e. The molecule has 124 valence electrons. The number of aliphatic imine (C=N–C) groups is 1. The molecule has 0 aromatic rings. The summed E-state index contributed by atoms with van der Waals surface area (Å²) in [6.07, 6.45) is 7.86. The molecule has 1 aliphatic heterocycles. The summed E-state index contributed by atoms with van der Waals surface area (Å²) in [4.78, 5) is 4.40. The van der Waals surface area contributed by atoms with Gasteiger partial charge in [0.25, 0.3) is 0 Å². The first-order valence-corrected chi connectivity index (χ1v) is 7.90. The fourth-order valence-electron chi connectivity index (χ4n) is 2.32. The van der Waals surface area contributed by atoms with Gasteiger partial charge in [-0.25, -0.2) is 0 Å². The minimum atomic E-state index is 0. The van der Waals surface area contributed by atoms with E-state index in [1.807, 2.05) is 0 Å². The highest BCUT2D eigenvalue weighted by atomic mass is 127. The van der Waals surface area contributed by atoms with Crippen molar-refractivity contribution in [2.75, 3.05) is 19.8 Å². The fourth-order valence-corrected chi connectivity index (χ4v) is 2.32. The zero-order valence-corrected chi connectivity index (χ0v) is 16.1. The molecule has 1 heterocycles. The number of nitrogens with zero attached hydrogens (tertiary/aromatic N) is 1. The molecule has 0 bridgehead atoms. The normalized spacial score (nSPS) is 17.1. The van der Waals surface area contributed by atoms with Gasteiger partial charge in [-0.2, -0.15) is 0 Å². The van der Waals surface area contributed by atoms with Crippen molar-refractivity contribution < 1.29 is 4.74 Å². The molecule has 0 amide bonds. The van der Waals surface area contributed by atoms with Gasteiger partial charge < -0.3 is 15.8 Å². The first-order valence-electron chi connectivity index (χ1n) is 7.90. The van der Waals surface area contributed by atoms with Gasteiger partial charge in [-0.1, -0.05) is 38.3 Å². The smallest absolute Gasteiger partial charge is 0.188 e. The third-order valence-electron chi connectivity index (χ3n) is 3.59. The predicted molar refractivity (Wildman–Crippen MR) is 101 cm³/mol. The van der Waals surface area contributed by atoms with Gasteiger partial charge in [-0.05, 0) is 32.1 Å². The highest BCUT2D eigenvalue weighted by Gasteiger charge is 2.05. The minimum absolute atomic E-state index is 0. The summed E-state index contributed by atoms with van der Waals surface area (Å²) in [5.74, 6) is 1.36. The Hall–Kier alpha value is -0.300. The first kappa shape index (κ1) is 20.7. The van der Waals surface area contributed by atoms with E-state index in [4.69, 9.17) is 10.5 Å². The summed E-state index contributed by atoms with van der Waals surface area (Å²) in [6, 6.07) is 0.403. The Morgan fingerprint density at radius 1 is 1.38 bits per heavy atom. The molecule has 0 radical (unpaired) electrons. The van der Waals surface area contributed by atoms with E-state index >= 15 is 0 Å². The lowest BCUT2D eigenvalue weighted by Gasteiger charge is -2.15. The number of halogens is 1. The molecular formula is C16H32IN3O. The van der Waals surface area contributed by atoms with Gasteiger partial charge in [0, 0.05) is 12.6 Å². The van der Waals surface area contributed by atoms with Gasteiger partial charge in [-0.15, -0.1) is 24.0 Å². The van der Waals surface area contributed by atoms with Gasteiger partial charge in [0.05, 0.1) is 13.2 Å². The number of nitrogens with two attached hydrogens (primary N) is 1. The average Bonchev–Trinajstić information content (AvgIpc) is 2.39. The van der Waals surface area contributed by atoms with Crippen LogP contribution in [-0.2, 0) is 4.74 Å². The quantitative estimate of drug-likeness (QED) is 0.279. The Kier molecular flexibility index (Phi) is 12.1. The first-order chi connectivity index (χ1) is 9.58. The highest BCUT2D eigenvalue weighted by Crippen LogP contribution is 2.11. The Labute approximate surface area is 147 Å². The summed E-state index contributed by atoms with van der Waals surface area (Å²) in [5, 5.41) is 3.27. The third-order valence-corrected chi connectivity index (χ3v) is 3.59. The van der Waals surface area contributed by atoms with E-state index in [0.717, 1.165) is 44.9 Å². The Balaban J connectivity index is 0.00000400. The second kappa shape index (κ2) is 12.3. The molecule has 0 fully saturated rings. The van der Waals surface area contributed by atoms with E-state index in [2.05, 4.69) is 37.2 Å². The summed E-state index contributed by atoms with van der Waals surface area (Å²) in [7, 11) is 0. The molecule has 0 aromatic carbocycles. The average molecular weight is 409 g/mol. The summed E-state index contributed by atoms with van der Waals surface area (Å²) >= 11 is 0. The van der Waals surface area contributed by atoms with E-state index in [-0.39, 0.29) is 24.0 Å². The van der Waals surface area contributed by atoms with Gasteiger partial charge in [0.15, 0.2) is 5.96 Å². The maximum absolute atomic E-state index is 5.92. The molecule has 1 rings (SSSR count). The van der Waals surface area contributed by atoms with Crippen LogP contribution >= 0.6 is 24.0 Å². The maximum atomic E-state index is 5.92. The number of guanidine groups is 1.